The number of fused-ring (bicyclic) bond motifs is 1. The molecule has 2 aromatic rings. The predicted molar refractivity (Wildman–Crippen MR) is 81.4 cm³/mol. The summed E-state index contributed by atoms with van der Waals surface area (Å²) in [7, 11) is 0. The van der Waals surface area contributed by atoms with Crippen LogP contribution in [-0.2, 0) is 13.0 Å². The van der Waals surface area contributed by atoms with Gasteiger partial charge in [0, 0.05) is 23.9 Å². The highest BCUT2D eigenvalue weighted by atomic mass is 16.3. The first kappa shape index (κ1) is 14.1. The van der Waals surface area contributed by atoms with Crippen LogP contribution in [0.15, 0.2) is 28.7 Å². The third kappa shape index (κ3) is 3.60. The van der Waals surface area contributed by atoms with Crippen LogP contribution in [0.4, 0.5) is 0 Å². The molecule has 1 aromatic carbocycles. The van der Waals surface area contributed by atoms with E-state index in [1.165, 1.54) is 42.4 Å². The predicted octanol–water partition coefficient (Wildman–Crippen LogP) is 4.67. The fraction of sp³-hybridized carbons (Fsp3) is 0.529. The van der Waals surface area contributed by atoms with E-state index in [1.54, 1.807) is 0 Å². The van der Waals surface area contributed by atoms with Crippen LogP contribution in [0.25, 0.3) is 11.0 Å². The van der Waals surface area contributed by atoms with E-state index in [9.17, 15) is 0 Å². The van der Waals surface area contributed by atoms with Gasteiger partial charge in [-0.25, -0.2) is 0 Å². The number of hydrogen-bond acceptors (Lipinski definition) is 2. The summed E-state index contributed by atoms with van der Waals surface area (Å²) >= 11 is 0. The molecule has 0 aliphatic heterocycles. The summed E-state index contributed by atoms with van der Waals surface area (Å²) in [4.78, 5) is 0. The van der Waals surface area contributed by atoms with E-state index in [4.69, 9.17) is 4.42 Å². The number of benzene rings is 1. The molecule has 2 nitrogen and oxygen atoms in total. The fourth-order valence-electron chi connectivity index (χ4n) is 2.40. The molecule has 0 aliphatic rings. The first-order valence-electron chi connectivity index (χ1n) is 7.56. The van der Waals surface area contributed by atoms with Gasteiger partial charge in [0.15, 0.2) is 0 Å². The third-order valence-corrected chi connectivity index (χ3v) is 3.55. The molecule has 0 saturated carbocycles. The van der Waals surface area contributed by atoms with Crippen LogP contribution in [0, 0.1) is 0 Å². The Kier molecular flexibility index (Phi) is 5.46. The zero-order chi connectivity index (χ0) is 13.5. The van der Waals surface area contributed by atoms with Gasteiger partial charge in [-0.05, 0) is 25.5 Å². The number of hydrogen-bond donors (Lipinski definition) is 1. The maximum atomic E-state index is 6.02. The van der Waals surface area contributed by atoms with Gasteiger partial charge in [-0.15, -0.1) is 0 Å². The van der Waals surface area contributed by atoms with Gasteiger partial charge in [0.05, 0.1) is 0 Å². The second-order valence-corrected chi connectivity index (χ2v) is 5.13. The van der Waals surface area contributed by atoms with E-state index < -0.39 is 0 Å². The van der Waals surface area contributed by atoms with E-state index in [-0.39, 0.29) is 0 Å². The third-order valence-electron chi connectivity index (χ3n) is 3.55. The summed E-state index contributed by atoms with van der Waals surface area (Å²) in [5.41, 5.74) is 2.39. The monoisotopic (exact) mass is 259 g/mol. The van der Waals surface area contributed by atoms with Crippen molar-refractivity contribution in [3.8, 4) is 0 Å². The minimum Gasteiger partial charge on any atom is -0.461 e. The number of furan rings is 1. The topological polar surface area (TPSA) is 25.2 Å². The molecule has 0 bridgehead atoms. The van der Waals surface area contributed by atoms with Crippen LogP contribution in [0.1, 0.15) is 50.9 Å². The minimum atomic E-state index is 0.927. The first-order valence-corrected chi connectivity index (χ1v) is 7.56. The second kappa shape index (κ2) is 7.34. The summed E-state index contributed by atoms with van der Waals surface area (Å²) in [5, 5.41) is 4.81. The molecule has 1 N–H and O–H groups in total. The molecule has 0 aliphatic carbocycles. The lowest BCUT2D eigenvalue weighted by Gasteiger charge is -2.05. The van der Waals surface area contributed by atoms with Crippen molar-refractivity contribution in [3.63, 3.8) is 0 Å². The van der Waals surface area contributed by atoms with Crippen LogP contribution in [0.3, 0.4) is 0 Å². The molecule has 1 heterocycles. The number of aryl methyl sites for hydroxylation is 1. The Hall–Kier alpha value is -1.28. The van der Waals surface area contributed by atoms with Crippen molar-refractivity contribution in [2.75, 3.05) is 6.54 Å². The molecule has 1 aromatic heterocycles. The zero-order valence-corrected chi connectivity index (χ0v) is 12.2. The highest BCUT2D eigenvalue weighted by Crippen LogP contribution is 2.27. The Morgan fingerprint density at radius 1 is 1.05 bits per heavy atom. The summed E-state index contributed by atoms with van der Waals surface area (Å²) in [6.45, 7) is 6.46. The molecule has 104 valence electrons. The van der Waals surface area contributed by atoms with Gasteiger partial charge in [-0.2, -0.15) is 0 Å². The van der Waals surface area contributed by atoms with Crippen molar-refractivity contribution in [1.82, 2.24) is 5.32 Å². The SMILES string of the molecule is CCCCNCc1c(CCCC)oc2ccccc12. The number of para-hydroxylation sites is 1. The number of rotatable bonds is 8. The van der Waals surface area contributed by atoms with Crippen molar-refractivity contribution >= 4 is 11.0 Å². The Balaban J connectivity index is 2.16. The van der Waals surface area contributed by atoms with Crippen LogP contribution < -0.4 is 5.32 Å². The molecule has 0 spiro atoms. The molecule has 0 saturated heterocycles. The van der Waals surface area contributed by atoms with Crippen LogP contribution in [0.2, 0.25) is 0 Å². The molecule has 0 amide bonds. The van der Waals surface area contributed by atoms with E-state index in [0.29, 0.717) is 0 Å². The second-order valence-electron chi connectivity index (χ2n) is 5.13. The Morgan fingerprint density at radius 2 is 1.84 bits per heavy atom. The summed E-state index contributed by atoms with van der Waals surface area (Å²) in [6, 6.07) is 8.38. The molecule has 2 rings (SSSR count). The Morgan fingerprint density at radius 3 is 2.63 bits per heavy atom. The number of nitrogens with one attached hydrogen (secondary N) is 1. The van der Waals surface area contributed by atoms with E-state index >= 15 is 0 Å². The highest BCUT2D eigenvalue weighted by molar-refractivity contribution is 5.82. The summed E-state index contributed by atoms with van der Waals surface area (Å²) < 4.78 is 6.02. The lowest BCUT2D eigenvalue weighted by Crippen LogP contribution is -2.15. The fourth-order valence-corrected chi connectivity index (χ4v) is 2.40. The quantitative estimate of drug-likeness (QED) is 0.697. The number of unbranched alkanes of at least 4 members (excludes halogenated alkanes) is 2. The Labute approximate surface area is 116 Å². The molecule has 0 atom stereocenters. The maximum Gasteiger partial charge on any atom is 0.134 e. The maximum absolute atomic E-state index is 6.02. The van der Waals surface area contributed by atoms with Gasteiger partial charge in [0.25, 0.3) is 0 Å². The summed E-state index contributed by atoms with van der Waals surface area (Å²) in [6.07, 6.45) is 5.93. The largest absolute Gasteiger partial charge is 0.461 e. The molecular formula is C17H25NO. The Bertz CT molecular complexity index is 501. The highest BCUT2D eigenvalue weighted by Gasteiger charge is 2.12. The molecule has 0 unspecified atom stereocenters. The average molecular weight is 259 g/mol. The first-order chi connectivity index (χ1) is 9.36. The van der Waals surface area contributed by atoms with Crippen molar-refractivity contribution < 1.29 is 4.42 Å². The zero-order valence-electron chi connectivity index (χ0n) is 12.2. The molecule has 0 fully saturated rings. The van der Waals surface area contributed by atoms with Crippen molar-refractivity contribution in [3.05, 3.63) is 35.6 Å². The van der Waals surface area contributed by atoms with Gasteiger partial charge < -0.3 is 9.73 Å². The summed E-state index contributed by atoms with van der Waals surface area (Å²) in [5.74, 6) is 1.17. The van der Waals surface area contributed by atoms with Gasteiger partial charge in [-0.3, -0.25) is 0 Å². The minimum absolute atomic E-state index is 0.927. The van der Waals surface area contributed by atoms with Gasteiger partial charge >= 0.3 is 0 Å². The smallest absolute Gasteiger partial charge is 0.134 e. The standard InChI is InChI=1S/C17H25NO/c1-3-5-10-17-15(13-18-12-6-4-2)14-9-7-8-11-16(14)19-17/h7-9,11,18H,3-6,10,12-13H2,1-2H3. The van der Waals surface area contributed by atoms with E-state index in [2.05, 4.69) is 37.4 Å². The van der Waals surface area contributed by atoms with E-state index in [0.717, 1.165) is 25.1 Å². The van der Waals surface area contributed by atoms with Crippen molar-refractivity contribution in [1.29, 1.82) is 0 Å². The molecular weight excluding hydrogens is 234 g/mol. The van der Waals surface area contributed by atoms with Crippen molar-refractivity contribution in [2.24, 2.45) is 0 Å². The average Bonchev–Trinajstić information content (AvgIpc) is 2.79. The van der Waals surface area contributed by atoms with Crippen molar-refractivity contribution in [2.45, 2.75) is 52.5 Å². The lowest BCUT2D eigenvalue weighted by atomic mass is 10.1. The normalized spacial score (nSPS) is 11.3. The van der Waals surface area contributed by atoms with Gasteiger partial charge in [0.2, 0.25) is 0 Å². The van der Waals surface area contributed by atoms with Gasteiger partial charge in [0.1, 0.15) is 11.3 Å². The van der Waals surface area contributed by atoms with Crippen LogP contribution in [-0.4, -0.2) is 6.54 Å². The van der Waals surface area contributed by atoms with Gasteiger partial charge in [-0.1, -0.05) is 44.9 Å². The van der Waals surface area contributed by atoms with Crippen LogP contribution in [0.5, 0.6) is 0 Å². The lowest BCUT2D eigenvalue weighted by molar-refractivity contribution is 0.524. The molecule has 19 heavy (non-hydrogen) atoms. The van der Waals surface area contributed by atoms with Crippen LogP contribution >= 0.6 is 0 Å². The molecule has 2 heteroatoms. The van der Waals surface area contributed by atoms with E-state index in [1.807, 2.05) is 6.07 Å². The molecule has 0 radical (unpaired) electrons.